The van der Waals surface area contributed by atoms with Crippen LogP contribution in [0.15, 0.2) is 10.5 Å². The number of fused-ring (bicyclic) bond motifs is 3. The van der Waals surface area contributed by atoms with Crippen molar-refractivity contribution in [2.24, 2.45) is 0 Å². The zero-order chi connectivity index (χ0) is 17.5. The molecule has 0 fully saturated rings. The fourth-order valence-electron chi connectivity index (χ4n) is 3.67. The number of halogens is 2. The van der Waals surface area contributed by atoms with Crippen molar-refractivity contribution in [1.82, 2.24) is 4.98 Å². The summed E-state index contributed by atoms with van der Waals surface area (Å²) in [7, 11) is 0. The number of carboxylic acid groups (broad SMARTS) is 1. The van der Waals surface area contributed by atoms with Gasteiger partial charge in [-0.05, 0) is 52.9 Å². The van der Waals surface area contributed by atoms with Gasteiger partial charge in [-0.2, -0.15) is 0 Å². The van der Waals surface area contributed by atoms with Crippen molar-refractivity contribution in [3.05, 3.63) is 32.4 Å². The molecule has 1 aliphatic rings. The van der Waals surface area contributed by atoms with Crippen LogP contribution in [0.25, 0.3) is 10.9 Å². The molecule has 0 saturated carbocycles. The number of aliphatic carboxylic acids is 1. The molecule has 2 N–H and O–H groups in total. The van der Waals surface area contributed by atoms with Crippen LogP contribution >= 0.6 is 27.5 Å². The van der Waals surface area contributed by atoms with Gasteiger partial charge >= 0.3 is 5.97 Å². The second-order valence-corrected chi connectivity index (χ2v) is 7.68. The number of carboxylic acids is 1. The summed E-state index contributed by atoms with van der Waals surface area (Å²) >= 11 is 10.1. The quantitative estimate of drug-likeness (QED) is 0.695. The lowest BCUT2D eigenvalue weighted by Gasteiger charge is -2.36. The molecule has 2 heterocycles. The van der Waals surface area contributed by atoms with E-state index in [0.717, 1.165) is 51.5 Å². The molecule has 0 aliphatic carbocycles. The van der Waals surface area contributed by atoms with Gasteiger partial charge in [-0.1, -0.05) is 31.4 Å². The maximum Gasteiger partial charge on any atom is 0.306 e. The molecule has 3 rings (SSSR count). The van der Waals surface area contributed by atoms with Crippen LogP contribution in [0.3, 0.4) is 0 Å². The van der Waals surface area contributed by atoms with E-state index in [-0.39, 0.29) is 6.42 Å². The summed E-state index contributed by atoms with van der Waals surface area (Å²) < 4.78 is 7.09. The first-order valence-electron chi connectivity index (χ1n) is 8.25. The lowest BCUT2D eigenvalue weighted by atomic mass is 9.84. The number of nitrogens with one attached hydrogen (secondary N) is 1. The predicted octanol–water partition coefficient (Wildman–Crippen LogP) is 5.33. The Balaban J connectivity index is 2.25. The molecule has 130 valence electrons. The number of unbranched alkanes of at least 4 members (excludes halogenated alkanes) is 1. The molecule has 1 aromatic heterocycles. The highest BCUT2D eigenvalue weighted by Gasteiger charge is 2.42. The van der Waals surface area contributed by atoms with Gasteiger partial charge in [-0.15, -0.1) is 0 Å². The van der Waals surface area contributed by atoms with E-state index in [1.54, 1.807) is 0 Å². The minimum Gasteiger partial charge on any atom is -0.481 e. The van der Waals surface area contributed by atoms with E-state index in [1.165, 1.54) is 0 Å². The summed E-state index contributed by atoms with van der Waals surface area (Å²) in [6, 6.07) is 1.92. The number of aromatic amines is 1. The number of rotatable bonds is 5. The standard InChI is InChI=1S/C18H21BrClNO3/c1-3-4-6-18(9-13(22)23)17-11(5-7-24-18)14-15(19)10(2)8-12(20)16(14)21-17/h8,21H,3-7,9H2,1-2H3,(H,22,23). The molecule has 1 aliphatic heterocycles. The molecule has 6 heteroatoms. The normalized spacial score (nSPS) is 20.3. The van der Waals surface area contributed by atoms with E-state index < -0.39 is 11.6 Å². The second-order valence-electron chi connectivity index (χ2n) is 6.48. The summed E-state index contributed by atoms with van der Waals surface area (Å²) in [6.45, 7) is 4.63. The highest BCUT2D eigenvalue weighted by atomic mass is 79.9. The lowest BCUT2D eigenvalue weighted by Crippen LogP contribution is -2.38. The molecule has 1 atom stereocenters. The van der Waals surface area contributed by atoms with Crippen LogP contribution in [0, 0.1) is 6.92 Å². The van der Waals surface area contributed by atoms with Crippen molar-refractivity contribution in [3.63, 3.8) is 0 Å². The zero-order valence-corrected chi connectivity index (χ0v) is 16.2. The summed E-state index contributed by atoms with van der Waals surface area (Å²) in [5.41, 5.74) is 3.14. The van der Waals surface area contributed by atoms with E-state index in [1.807, 2.05) is 13.0 Å². The van der Waals surface area contributed by atoms with Crippen molar-refractivity contribution < 1.29 is 14.6 Å². The van der Waals surface area contributed by atoms with Crippen LogP contribution in [0.2, 0.25) is 5.02 Å². The molecule has 1 aromatic carbocycles. The molecule has 2 aromatic rings. The molecule has 0 bridgehead atoms. The van der Waals surface area contributed by atoms with Crippen LogP contribution in [0.1, 0.15) is 49.4 Å². The fraction of sp³-hybridized carbons (Fsp3) is 0.500. The molecule has 0 saturated heterocycles. The van der Waals surface area contributed by atoms with E-state index in [2.05, 4.69) is 27.8 Å². The number of ether oxygens (including phenoxy) is 1. The van der Waals surface area contributed by atoms with Crippen LogP contribution in [0.5, 0.6) is 0 Å². The Labute approximate surface area is 154 Å². The SMILES string of the molecule is CCCCC1(CC(=O)O)OCCc2c1[nH]c1c(Cl)cc(C)c(Br)c21. The second kappa shape index (κ2) is 6.70. The van der Waals surface area contributed by atoms with Gasteiger partial charge in [0.2, 0.25) is 0 Å². The van der Waals surface area contributed by atoms with Crippen molar-refractivity contribution in [1.29, 1.82) is 0 Å². The van der Waals surface area contributed by atoms with Crippen molar-refractivity contribution >= 4 is 44.4 Å². The molecule has 4 nitrogen and oxygen atoms in total. The first-order valence-corrected chi connectivity index (χ1v) is 9.42. The first kappa shape index (κ1) is 17.8. The van der Waals surface area contributed by atoms with E-state index in [0.29, 0.717) is 18.1 Å². The average molecular weight is 415 g/mol. The number of H-pyrrole nitrogens is 1. The van der Waals surface area contributed by atoms with Gasteiger partial charge in [0, 0.05) is 9.86 Å². The smallest absolute Gasteiger partial charge is 0.306 e. The zero-order valence-electron chi connectivity index (χ0n) is 13.8. The summed E-state index contributed by atoms with van der Waals surface area (Å²) in [6.07, 6.45) is 3.30. The summed E-state index contributed by atoms with van der Waals surface area (Å²) in [5.74, 6) is -0.848. The minimum absolute atomic E-state index is 0.0406. The van der Waals surface area contributed by atoms with Crippen molar-refractivity contribution in [2.75, 3.05) is 6.61 Å². The number of hydrogen-bond acceptors (Lipinski definition) is 2. The van der Waals surface area contributed by atoms with Crippen LogP contribution < -0.4 is 0 Å². The Kier molecular flexibility index (Phi) is 4.96. The number of benzene rings is 1. The Morgan fingerprint density at radius 3 is 2.96 bits per heavy atom. The summed E-state index contributed by atoms with van der Waals surface area (Å²) in [5, 5.41) is 11.2. The largest absolute Gasteiger partial charge is 0.481 e. The number of aryl methyl sites for hydroxylation is 1. The van der Waals surface area contributed by atoms with E-state index in [9.17, 15) is 9.90 Å². The monoisotopic (exact) mass is 413 g/mol. The van der Waals surface area contributed by atoms with Crippen molar-refractivity contribution in [3.8, 4) is 0 Å². The van der Waals surface area contributed by atoms with Crippen LogP contribution in [-0.4, -0.2) is 22.7 Å². The minimum atomic E-state index is -0.848. The molecule has 1 unspecified atom stereocenters. The highest BCUT2D eigenvalue weighted by Crippen LogP contribution is 2.46. The Morgan fingerprint density at radius 2 is 2.29 bits per heavy atom. The lowest BCUT2D eigenvalue weighted by molar-refractivity contribution is -0.149. The van der Waals surface area contributed by atoms with Gasteiger partial charge in [0.1, 0.15) is 5.60 Å². The third-order valence-electron chi connectivity index (χ3n) is 4.81. The molecule has 0 spiro atoms. The third-order valence-corrected chi connectivity index (χ3v) is 6.13. The Hall–Kier alpha value is -1.04. The Morgan fingerprint density at radius 1 is 1.54 bits per heavy atom. The van der Waals surface area contributed by atoms with Crippen LogP contribution in [-0.2, 0) is 21.6 Å². The predicted molar refractivity (Wildman–Crippen MR) is 98.9 cm³/mol. The van der Waals surface area contributed by atoms with Gasteiger partial charge in [0.05, 0.1) is 29.3 Å². The van der Waals surface area contributed by atoms with Gasteiger partial charge in [-0.25, -0.2) is 0 Å². The molecule has 0 amide bonds. The highest BCUT2D eigenvalue weighted by molar-refractivity contribution is 9.10. The molecule has 0 radical (unpaired) electrons. The van der Waals surface area contributed by atoms with Gasteiger partial charge in [0.25, 0.3) is 0 Å². The maximum absolute atomic E-state index is 11.5. The van der Waals surface area contributed by atoms with E-state index >= 15 is 0 Å². The van der Waals surface area contributed by atoms with Gasteiger partial charge in [0.15, 0.2) is 0 Å². The first-order chi connectivity index (χ1) is 11.4. The average Bonchev–Trinajstić information content (AvgIpc) is 2.92. The third kappa shape index (κ3) is 2.87. The topological polar surface area (TPSA) is 62.3 Å². The molecule has 24 heavy (non-hydrogen) atoms. The van der Waals surface area contributed by atoms with Gasteiger partial charge in [-0.3, -0.25) is 4.79 Å². The Bertz CT molecular complexity index is 801. The maximum atomic E-state index is 11.5. The fourth-order valence-corrected chi connectivity index (χ4v) is 4.53. The number of carbonyl (C=O) groups is 1. The number of hydrogen-bond donors (Lipinski definition) is 2. The van der Waals surface area contributed by atoms with E-state index in [4.69, 9.17) is 16.3 Å². The van der Waals surface area contributed by atoms with Gasteiger partial charge < -0.3 is 14.8 Å². The van der Waals surface area contributed by atoms with Crippen LogP contribution in [0.4, 0.5) is 0 Å². The van der Waals surface area contributed by atoms with Crippen molar-refractivity contribution in [2.45, 2.75) is 51.6 Å². The number of aromatic nitrogens is 1. The summed E-state index contributed by atoms with van der Waals surface area (Å²) in [4.78, 5) is 14.9. The molecular formula is C18H21BrClNO3. The molecular weight excluding hydrogens is 394 g/mol.